The van der Waals surface area contributed by atoms with Gasteiger partial charge in [-0.3, -0.25) is 0 Å². The lowest BCUT2D eigenvalue weighted by Gasteiger charge is -2.13. The van der Waals surface area contributed by atoms with Gasteiger partial charge in [-0.15, -0.1) is 11.6 Å². The van der Waals surface area contributed by atoms with E-state index in [0.29, 0.717) is 11.1 Å². The van der Waals surface area contributed by atoms with Crippen molar-refractivity contribution in [3.8, 4) is 0 Å². The lowest BCUT2D eigenvalue weighted by molar-refractivity contribution is -0.137. The van der Waals surface area contributed by atoms with Gasteiger partial charge >= 0.3 is 6.18 Å². The molecule has 0 saturated carbocycles. The molecule has 1 atom stereocenters. The second-order valence-corrected chi connectivity index (χ2v) is 5.42. The molecule has 0 spiro atoms. The molecule has 0 aliphatic carbocycles. The maximum absolute atomic E-state index is 13.7. The lowest BCUT2D eigenvalue weighted by Crippen LogP contribution is -2.05. The average molecular weight is 317 g/mol. The van der Waals surface area contributed by atoms with E-state index in [9.17, 15) is 17.6 Å². The molecule has 21 heavy (non-hydrogen) atoms. The summed E-state index contributed by atoms with van der Waals surface area (Å²) in [7, 11) is 0. The molecule has 2 rings (SSSR count). The van der Waals surface area contributed by atoms with Gasteiger partial charge in [-0.1, -0.05) is 29.8 Å². The van der Waals surface area contributed by atoms with E-state index >= 15 is 0 Å². The molecule has 112 valence electrons. The second-order valence-electron chi connectivity index (χ2n) is 4.89. The Balaban J connectivity index is 2.16. The zero-order valence-corrected chi connectivity index (χ0v) is 12.0. The van der Waals surface area contributed by atoms with Crippen molar-refractivity contribution in [2.75, 3.05) is 0 Å². The van der Waals surface area contributed by atoms with Crippen LogP contribution >= 0.6 is 11.6 Å². The molecule has 0 saturated heterocycles. The van der Waals surface area contributed by atoms with Gasteiger partial charge in [0.15, 0.2) is 0 Å². The van der Waals surface area contributed by atoms with E-state index in [1.807, 2.05) is 6.92 Å². The van der Waals surface area contributed by atoms with Crippen molar-refractivity contribution in [2.24, 2.45) is 0 Å². The number of rotatable bonds is 3. The summed E-state index contributed by atoms with van der Waals surface area (Å²) >= 11 is 6.19. The molecule has 0 aliphatic heterocycles. The Morgan fingerprint density at radius 2 is 1.67 bits per heavy atom. The molecule has 2 aromatic rings. The van der Waals surface area contributed by atoms with Gasteiger partial charge in [-0.2, -0.15) is 13.2 Å². The number of hydrogen-bond donors (Lipinski definition) is 0. The normalized spacial score (nSPS) is 13.2. The first-order chi connectivity index (χ1) is 9.77. The summed E-state index contributed by atoms with van der Waals surface area (Å²) in [5.41, 5.74) is 1.16. The van der Waals surface area contributed by atoms with Gasteiger partial charge in [-0.25, -0.2) is 4.39 Å². The van der Waals surface area contributed by atoms with Gasteiger partial charge in [-0.05, 0) is 37.1 Å². The summed E-state index contributed by atoms with van der Waals surface area (Å²) in [6.07, 6.45) is -4.10. The lowest BCUT2D eigenvalue weighted by atomic mass is 10.0. The first-order valence-electron chi connectivity index (χ1n) is 6.33. The van der Waals surface area contributed by atoms with E-state index < -0.39 is 22.9 Å². The van der Waals surface area contributed by atoms with Crippen LogP contribution in [-0.2, 0) is 12.6 Å². The topological polar surface area (TPSA) is 0 Å². The summed E-state index contributed by atoms with van der Waals surface area (Å²) in [5, 5.41) is -0.623. The molecule has 1 unspecified atom stereocenters. The second kappa shape index (κ2) is 6.06. The number of halogens is 5. The zero-order chi connectivity index (χ0) is 15.6. The van der Waals surface area contributed by atoms with Crippen molar-refractivity contribution in [1.29, 1.82) is 0 Å². The third kappa shape index (κ3) is 3.97. The summed E-state index contributed by atoms with van der Waals surface area (Å²) in [4.78, 5) is 0. The van der Waals surface area contributed by atoms with Gasteiger partial charge < -0.3 is 0 Å². The highest BCUT2D eigenvalue weighted by Crippen LogP contribution is 2.31. The van der Waals surface area contributed by atoms with E-state index in [-0.39, 0.29) is 6.42 Å². The highest BCUT2D eigenvalue weighted by molar-refractivity contribution is 6.20. The number of aryl methyl sites for hydroxylation is 1. The van der Waals surface area contributed by atoms with Crippen molar-refractivity contribution in [3.63, 3.8) is 0 Å². The van der Waals surface area contributed by atoms with Crippen molar-refractivity contribution in [2.45, 2.75) is 24.9 Å². The quantitative estimate of drug-likeness (QED) is 0.505. The number of alkyl halides is 4. The highest BCUT2D eigenvalue weighted by atomic mass is 35.5. The summed E-state index contributed by atoms with van der Waals surface area (Å²) in [5.74, 6) is -0.410. The van der Waals surface area contributed by atoms with Crippen LogP contribution in [0.3, 0.4) is 0 Å². The molecule has 0 heterocycles. The molecule has 5 heteroatoms. The first kappa shape index (κ1) is 15.8. The van der Waals surface area contributed by atoms with Crippen molar-refractivity contribution >= 4 is 11.6 Å². The maximum atomic E-state index is 13.7. The van der Waals surface area contributed by atoms with Crippen molar-refractivity contribution < 1.29 is 17.6 Å². The fourth-order valence-corrected chi connectivity index (χ4v) is 2.40. The predicted molar refractivity (Wildman–Crippen MR) is 74.9 cm³/mol. The summed E-state index contributed by atoms with van der Waals surface area (Å²) in [6.45, 7) is 1.82. The smallest absolute Gasteiger partial charge is 0.207 e. The van der Waals surface area contributed by atoms with Crippen LogP contribution in [0.2, 0.25) is 0 Å². The van der Waals surface area contributed by atoms with Gasteiger partial charge in [0.25, 0.3) is 0 Å². The SMILES string of the molecule is Cc1ccc(F)c(C(Cl)Cc2ccc(C(F)(F)F)cc2)c1. The van der Waals surface area contributed by atoms with Gasteiger partial charge in [0.2, 0.25) is 0 Å². The third-order valence-corrected chi connectivity index (χ3v) is 3.57. The fourth-order valence-electron chi connectivity index (χ4n) is 2.05. The van der Waals surface area contributed by atoms with Crippen LogP contribution < -0.4 is 0 Å². The van der Waals surface area contributed by atoms with Crippen LogP contribution in [0, 0.1) is 12.7 Å². The van der Waals surface area contributed by atoms with E-state index in [0.717, 1.165) is 17.7 Å². The van der Waals surface area contributed by atoms with Crippen LogP contribution in [0.5, 0.6) is 0 Å². The summed E-state index contributed by atoms with van der Waals surface area (Å²) < 4.78 is 51.1. The summed E-state index contributed by atoms with van der Waals surface area (Å²) in [6, 6.07) is 9.37. The minimum absolute atomic E-state index is 0.264. The molecule has 0 fully saturated rings. The van der Waals surface area contributed by atoms with Crippen LogP contribution in [0.25, 0.3) is 0 Å². The Kier molecular flexibility index (Phi) is 4.57. The Labute approximate surface area is 125 Å². The molecular formula is C16H13ClF4. The Morgan fingerprint density at radius 1 is 1.05 bits per heavy atom. The third-order valence-electron chi connectivity index (χ3n) is 3.19. The molecule has 0 aliphatic rings. The standard InChI is InChI=1S/C16H13ClF4/c1-10-2-7-15(18)13(8-10)14(17)9-11-3-5-12(6-4-11)16(19,20)21/h2-8,14H,9H2,1H3. The average Bonchev–Trinajstić information content (AvgIpc) is 2.41. The molecule has 2 aromatic carbocycles. The van der Waals surface area contributed by atoms with E-state index in [2.05, 4.69) is 0 Å². The van der Waals surface area contributed by atoms with Crippen LogP contribution in [0.1, 0.15) is 27.6 Å². The van der Waals surface area contributed by atoms with E-state index in [4.69, 9.17) is 11.6 Å². The maximum Gasteiger partial charge on any atom is 0.416 e. The molecule has 0 aromatic heterocycles. The first-order valence-corrected chi connectivity index (χ1v) is 6.77. The Morgan fingerprint density at radius 3 is 2.24 bits per heavy atom. The van der Waals surface area contributed by atoms with Crippen molar-refractivity contribution in [1.82, 2.24) is 0 Å². The Hall–Kier alpha value is -1.55. The van der Waals surface area contributed by atoms with E-state index in [1.54, 1.807) is 12.1 Å². The molecule has 0 amide bonds. The molecular weight excluding hydrogens is 304 g/mol. The van der Waals surface area contributed by atoms with Crippen LogP contribution in [0.15, 0.2) is 42.5 Å². The van der Waals surface area contributed by atoms with Crippen LogP contribution in [0.4, 0.5) is 17.6 Å². The minimum Gasteiger partial charge on any atom is -0.207 e. The van der Waals surface area contributed by atoms with E-state index in [1.165, 1.54) is 18.2 Å². The van der Waals surface area contributed by atoms with Gasteiger partial charge in [0.1, 0.15) is 5.82 Å². The van der Waals surface area contributed by atoms with Crippen molar-refractivity contribution in [3.05, 3.63) is 70.5 Å². The van der Waals surface area contributed by atoms with Gasteiger partial charge in [0, 0.05) is 5.56 Å². The fraction of sp³-hybridized carbons (Fsp3) is 0.250. The zero-order valence-electron chi connectivity index (χ0n) is 11.2. The monoisotopic (exact) mass is 316 g/mol. The minimum atomic E-state index is -4.36. The number of benzene rings is 2. The highest BCUT2D eigenvalue weighted by Gasteiger charge is 2.30. The molecule has 0 N–H and O–H groups in total. The Bertz CT molecular complexity index is 617. The van der Waals surface area contributed by atoms with Crippen LogP contribution in [-0.4, -0.2) is 0 Å². The predicted octanol–water partition coefficient (Wildman–Crippen LogP) is 5.68. The number of hydrogen-bond acceptors (Lipinski definition) is 0. The molecule has 0 radical (unpaired) electrons. The largest absolute Gasteiger partial charge is 0.416 e. The molecule has 0 nitrogen and oxygen atoms in total. The molecule has 0 bridgehead atoms. The van der Waals surface area contributed by atoms with Gasteiger partial charge in [0.05, 0.1) is 10.9 Å².